The van der Waals surface area contributed by atoms with E-state index in [1.165, 1.54) is 77.0 Å². The maximum Gasteiger partial charge on any atom is 0.0883 e. The number of hydrogen-bond acceptors (Lipinski definition) is 3. The lowest BCUT2D eigenvalue weighted by molar-refractivity contribution is -0.107. The lowest BCUT2D eigenvalue weighted by Gasteiger charge is -2.31. The lowest BCUT2D eigenvalue weighted by Crippen LogP contribution is -2.39. The van der Waals surface area contributed by atoms with Crippen LogP contribution in [0.15, 0.2) is 0 Å². The van der Waals surface area contributed by atoms with Crippen LogP contribution < -0.4 is 0 Å². The van der Waals surface area contributed by atoms with Crippen molar-refractivity contribution in [3.05, 3.63) is 0 Å². The largest absolute Gasteiger partial charge is 0.396 e. The van der Waals surface area contributed by atoms with Crippen LogP contribution in [0.1, 0.15) is 137 Å². The molecule has 0 bridgehead atoms. The van der Waals surface area contributed by atoms with Crippen LogP contribution in [0.5, 0.6) is 0 Å². The van der Waals surface area contributed by atoms with Gasteiger partial charge >= 0.3 is 0 Å². The molecule has 0 spiro atoms. The van der Waals surface area contributed by atoms with Crippen LogP contribution in [0.3, 0.4) is 0 Å². The summed E-state index contributed by atoms with van der Waals surface area (Å²) in [5, 5.41) is 9.72. The van der Waals surface area contributed by atoms with Crippen LogP contribution in [-0.4, -0.2) is 37.1 Å². The molecule has 0 saturated heterocycles. The van der Waals surface area contributed by atoms with Crippen LogP contribution in [-0.2, 0) is 9.47 Å². The summed E-state index contributed by atoms with van der Waals surface area (Å²) >= 11 is 0. The van der Waals surface area contributed by atoms with Gasteiger partial charge < -0.3 is 14.6 Å². The fourth-order valence-electron chi connectivity index (χ4n) is 4.01. The van der Waals surface area contributed by atoms with Gasteiger partial charge in [-0.25, -0.2) is 0 Å². The van der Waals surface area contributed by atoms with E-state index >= 15 is 0 Å². The van der Waals surface area contributed by atoms with Gasteiger partial charge in [0, 0.05) is 25.7 Å². The SMILES string of the molecule is CCCCCCCCCCCCCC[C@@H](OCCCC)[C@@H](OCCCC)[C@@H](C)CO. The van der Waals surface area contributed by atoms with E-state index in [1.54, 1.807) is 0 Å². The van der Waals surface area contributed by atoms with Crippen molar-refractivity contribution in [1.29, 1.82) is 0 Å². The Bertz CT molecular complexity index is 321. The number of aliphatic hydroxyl groups excluding tert-OH is 1. The van der Waals surface area contributed by atoms with E-state index in [2.05, 4.69) is 27.7 Å². The normalized spacial score (nSPS) is 14.7. The second-order valence-corrected chi connectivity index (χ2v) is 9.29. The summed E-state index contributed by atoms with van der Waals surface area (Å²) < 4.78 is 12.5. The number of aliphatic hydroxyl groups is 1. The Morgan fingerprint density at radius 3 is 1.47 bits per heavy atom. The van der Waals surface area contributed by atoms with Gasteiger partial charge in [0.15, 0.2) is 0 Å². The third-order valence-corrected chi connectivity index (χ3v) is 6.20. The fourth-order valence-corrected chi connectivity index (χ4v) is 4.01. The standard InChI is InChI=1S/C27H56O3/c1-5-8-11-12-13-14-15-16-17-18-19-20-21-26(29-22-9-6-2)27(25(4)24-28)30-23-10-7-3/h25-28H,5-24H2,1-4H3/t25-,26+,27-/m0/s1. The predicted molar refractivity (Wildman–Crippen MR) is 131 cm³/mol. The van der Waals surface area contributed by atoms with E-state index in [9.17, 15) is 5.11 Å². The Balaban J connectivity index is 4.10. The Morgan fingerprint density at radius 1 is 0.567 bits per heavy atom. The first-order valence-electron chi connectivity index (χ1n) is 13.5. The van der Waals surface area contributed by atoms with Gasteiger partial charge in [-0.05, 0) is 19.3 Å². The highest BCUT2D eigenvalue weighted by atomic mass is 16.5. The zero-order valence-corrected chi connectivity index (χ0v) is 21.1. The zero-order chi connectivity index (χ0) is 22.3. The molecule has 0 heterocycles. The van der Waals surface area contributed by atoms with Gasteiger partial charge in [-0.2, -0.15) is 0 Å². The van der Waals surface area contributed by atoms with Crippen LogP contribution in [0.2, 0.25) is 0 Å². The van der Waals surface area contributed by atoms with Crippen LogP contribution in [0.4, 0.5) is 0 Å². The zero-order valence-electron chi connectivity index (χ0n) is 21.1. The van der Waals surface area contributed by atoms with Crippen LogP contribution in [0, 0.1) is 5.92 Å². The molecule has 0 unspecified atom stereocenters. The molecular weight excluding hydrogens is 372 g/mol. The van der Waals surface area contributed by atoms with Crippen molar-refractivity contribution in [3.63, 3.8) is 0 Å². The van der Waals surface area contributed by atoms with Crippen molar-refractivity contribution in [2.24, 2.45) is 5.92 Å². The van der Waals surface area contributed by atoms with Gasteiger partial charge in [0.1, 0.15) is 0 Å². The summed E-state index contributed by atoms with van der Waals surface area (Å²) in [5.41, 5.74) is 0. The average Bonchev–Trinajstić information content (AvgIpc) is 2.76. The molecule has 0 rings (SSSR count). The second-order valence-electron chi connectivity index (χ2n) is 9.29. The molecule has 0 aliphatic heterocycles. The molecule has 0 amide bonds. The van der Waals surface area contributed by atoms with Crippen molar-refractivity contribution in [2.45, 2.75) is 149 Å². The van der Waals surface area contributed by atoms with Crippen molar-refractivity contribution >= 4 is 0 Å². The Kier molecular flexibility index (Phi) is 23.4. The summed E-state index contributed by atoms with van der Waals surface area (Å²) in [6.45, 7) is 10.5. The van der Waals surface area contributed by atoms with Crippen molar-refractivity contribution in [2.75, 3.05) is 19.8 Å². The molecule has 30 heavy (non-hydrogen) atoms. The smallest absolute Gasteiger partial charge is 0.0883 e. The van der Waals surface area contributed by atoms with Gasteiger partial charge in [-0.3, -0.25) is 0 Å². The number of hydrogen-bond donors (Lipinski definition) is 1. The van der Waals surface area contributed by atoms with Gasteiger partial charge in [0.25, 0.3) is 0 Å². The quantitative estimate of drug-likeness (QED) is 0.158. The molecule has 0 aromatic rings. The predicted octanol–water partition coefficient (Wildman–Crippen LogP) is 8.08. The summed E-state index contributed by atoms with van der Waals surface area (Å²) in [5.74, 6) is 0.130. The number of ether oxygens (including phenoxy) is 2. The molecule has 3 heteroatoms. The minimum Gasteiger partial charge on any atom is -0.396 e. The average molecular weight is 429 g/mol. The molecule has 3 nitrogen and oxygen atoms in total. The first kappa shape index (κ1) is 29.9. The molecular formula is C27H56O3. The summed E-state index contributed by atoms with van der Waals surface area (Å²) in [4.78, 5) is 0. The van der Waals surface area contributed by atoms with Crippen LogP contribution >= 0.6 is 0 Å². The molecule has 1 N–H and O–H groups in total. The fraction of sp³-hybridized carbons (Fsp3) is 1.00. The third-order valence-electron chi connectivity index (χ3n) is 6.20. The third kappa shape index (κ3) is 17.5. The van der Waals surface area contributed by atoms with Crippen molar-refractivity contribution in [1.82, 2.24) is 0 Å². The molecule has 0 saturated carbocycles. The highest BCUT2D eigenvalue weighted by molar-refractivity contribution is 4.77. The maximum atomic E-state index is 9.72. The highest BCUT2D eigenvalue weighted by Crippen LogP contribution is 2.21. The van der Waals surface area contributed by atoms with Gasteiger partial charge in [-0.15, -0.1) is 0 Å². The maximum absolute atomic E-state index is 9.72. The van der Waals surface area contributed by atoms with E-state index in [4.69, 9.17) is 9.47 Å². The van der Waals surface area contributed by atoms with E-state index in [-0.39, 0.29) is 24.7 Å². The summed E-state index contributed by atoms with van der Waals surface area (Å²) in [7, 11) is 0. The van der Waals surface area contributed by atoms with Gasteiger partial charge in [0.05, 0.1) is 12.2 Å². The molecule has 0 aliphatic carbocycles. The summed E-state index contributed by atoms with van der Waals surface area (Å²) in [6, 6.07) is 0. The minimum atomic E-state index is 0.0196. The van der Waals surface area contributed by atoms with E-state index < -0.39 is 0 Å². The Labute approximate surface area is 189 Å². The molecule has 0 fully saturated rings. The topological polar surface area (TPSA) is 38.7 Å². The molecule has 3 atom stereocenters. The minimum absolute atomic E-state index is 0.0196. The number of rotatable bonds is 24. The number of unbranched alkanes of at least 4 members (excludes halogenated alkanes) is 13. The van der Waals surface area contributed by atoms with Crippen LogP contribution in [0.25, 0.3) is 0 Å². The molecule has 0 aromatic heterocycles. The lowest BCUT2D eigenvalue weighted by atomic mass is 9.95. The highest BCUT2D eigenvalue weighted by Gasteiger charge is 2.27. The molecule has 0 radical (unpaired) electrons. The first-order chi connectivity index (χ1) is 14.7. The summed E-state index contributed by atoms with van der Waals surface area (Å²) in [6.07, 6.45) is 22.2. The van der Waals surface area contributed by atoms with E-state index in [1.807, 2.05) is 0 Å². The van der Waals surface area contributed by atoms with E-state index in [0.29, 0.717) is 0 Å². The molecule has 182 valence electrons. The Hall–Kier alpha value is -0.120. The molecule has 0 aromatic carbocycles. The van der Waals surface area contributed by atoms with Crippen molar-refractivity contribution in [3.8, 4) is 0 Å². The molecule has 0 aliphatic rings. The van der Waals surface area contributed by atoms with E-state index in [0.717, 1.165) is 45.3 Å². The van der Waals surface area contributed by atoms with Crippen molar-refractivity contribution < 1.29 is 14.6 Å². The first-order valence-corrected chi connectivity index (χ1v) is 13.5. The van der Waals surface area contributed by atoms with Gasteiger partial charge in [-0.1, -0.05) is 118 Å². The monoisotopic (exact) mass is 428 g/mol. The second kappa shape index (κ2) is 23.5. The van der Waals surface area contributed by atoms with Gasteiger partial charge in [0.2, 0.25) is 0 Å². The Morgan fingerprint density at radius 2 is 1.00 bits per heavy atom.